The summed E-state index contributed by atoms with van der Waals surface area (Å²) in [6, 6.07) is 14.9. The molecule has 0 unspecified atom stereocenters. The first-order valence-electron chi connectivity index (χ1n) is 9.73. The minimum atomic E-state index is -0.298. The van der Waals surface area contributed by atoms with E-state index in [-0.39, 0.29) is 11.5 Å². The lowest BCUT2D eigenvalue weighted by Crippen LogP contribution is -2.18. The number of rotatable bonds is 5. The Labute approximate surface area is 182 Å². The van der Waals surface area contributed by atoms with Crippen molar-refractivity contribution < 1.29 is 4.79 Å². The van der Waals surface area contributed by atoms with Crippen molar-refractivity contribution in [1.82, 2.24) is 14.3 Å². The third kappa shape index (κ3) is 3.80. The molecule has 0 atom stereocenters. The van der Waals surface area contributed by atoms with E-state index in [9.17, 15) is 9.59 Å². The molecule has 0 aromatic heterocycles. The van der Waals surface area contributed by atoms with Crippen LogP contribution >= 0.6 is 15.9 Å². The summed E-state index contributed by atoms with van der Waals surface area (Å²) < 4.78 is 4.17. The van der Waals surface area contributed by atoms with E-state index in [4.69, 9.17) is 0 Å². The lowest BCUT2D eigenvalue weighted by Gasteiger charge is -2.13. The van der Waals surface area contributed by atoms with Gasteiger partial charge in [0.15, 0.2) is 0 Å². The molecule has 7 heteroatoms. The van der Waals surface area contributed by atoms with Gasteiger partial charge < -0.3 is 9.88 Å². The van der Waals surface area contributed by atoms with Crippen molar-refractivity contribution in [3.8, 4) is 16.9 Å². The van der Waals surface area contributed by atoms with Gasteiger partial charge in [-0.3, -0.25) is 9.59 Å². The van der Waals surface area contributed by atoms with Crippen LogP contribution in [0.25, 0.3) is 16.9 Å². The molecule has 0 fully saturated rings. The summed E-state index contributed by atoms with van der Waals surface area (Å²) in [6.45, 7) is 4.68. The zero-order chi connectivity index (χ0) is 21.3. The Kier molecular flexibility index (Phi) is 5.55. The lowest BCUT2D eigenvalue weighted by molar-refractivity contribution is 0.102. The molecule has 1 N–H and O–H groups in total. The Bertz CT molecular complexity index is 1240. The molecule has 2 aromatic carbocycles. The van der Waals surface area contributed by atoms with Crippen LogP contribution in [0.15, 0.2) is 70.2 Å². The number of benzene rings is 2. The first kappa shape index (κ1) is 20.1. The van der Waals surface area contributed by atoms with E-state index in [0.717, 1.165) is 16.5 Å². The molecule has 6 nitrogen and oxygen atoms in total. The largest absolute Gasteiger partial charge is 0.353 e. The van der Waals surface area contributed by atoms with Crippen molar-refractivity contribution in [1.29, 1.82) is 0 Å². The number of halogens is 1. The second-order valence-corrected chi connectivity index (χ2v) is 8.05. The Morgan fingerprint density at radius 1 is 1.13 bits per heavy atom. The highest BCUT2D eigenvalue weighted by Gasteiger charge is 2.24. The summed E-state index contributed by atoms with van der Waals surface area (Å²) in [5, 5.41) is 7.46. The van der Waals surface area contributed by atoms with Gasteiger partial charge in [0, 0.05) is 29.1 Å². The lowest BCUT2D eigenvalue weighted by atomic mass is 10.1. The van der Waals surface area contributed by atoms with Crippen molar-refractivity contribution in [2.45, 2.75) is 26.8 Å². The number of anilines is 1. The van der Waals surface area contributed by atoms with Crippen LogP contribution in [0.2, 0.25) is 0 Å². The van der Waals surface area contributed by atoms with Crippen LogP contribution in [0.4, 0.5) is 5.69 Å². The zero-order valence-electron chi connectivity index (χ0n) is 16.7. The van der Waals surface area contributed by atoms with E-state index in [0.29, 0.717) is 34.7 Å². The van der Waals surface area contributed by atoms with Crippen LogP contribution in [0, 0.1) is 6.92 Å². The smallest absolute Gasteiger partial charge is 0.282 e. The number of para-hydroxylation sites is 1. The van der Waals surface area contributed by atoms with Gasteiger partial charge in [0.2, 0.25) is 0 Å². The maximum atomic E-state index is 13.2. The molecule has 0 bridgehead atoms. The normalized spacial score (nSPS) is 11.0. The van der Waals surface area contributed by atoms with E-state index in [1.807, 2.05) is 66.9 Å². The molecule has 4 rings (SSSR count). The SMILES string of the molecule is CCCn1cc(C(=O)Nc2ccc(Br)cc2C)c2nn(-c3ccccc3)c(=O)c-2c1. The zero-order valence-corrected chi connectivity index (χ0v) is 18.3. The third-order valence-electron chi connectivity index (χ3n) is 4.89. The molecule has 1 amide bonds. The number of nitrogens with one attached hydrogen (secondary N) is 1. The molecule has 0 radical (unpaired) electrons. The molecule has 0 saturated carbocycles. The maximum Gasteiger partial charge on any atom is 0.282 e. The van der Waals surface area contributed by atoms with Gasteiger partial charge in [0.05, 0.1) is 16.8 Å². The summed E-state index contributed by atoms with van der Waals surface area (Å²) in [6.07, 6.45) is 4.41. The highest BCUT2D eigenvalue weighted by Crippen LogP contribution is 2.25. The minimum Gasteiger partial charge on any atom is -0.353 e. The van der Waals surface area contributed by atoms with Crippen molar-refractivity contribution >= 4 is 27.5 Å². The molecule has 30 heavy (non-hydrogen) atoms. The van der Waals surface area contributed by atoms with Gasteiger partial charge in [0.1, 0.15) is 5.69 Å². The number of aryl methyl sites for hydroxylation is 2. The van der Waals surface area contributed by atoms with E-state index < -0.39 is 0 Å². The molecule has 2 aliphatic heterocycles. The van der Waals surface area contributed by atoms with Crippen molar-refractivity contribution in [3.63, 3.8) is 0 Å². The first-order chi connectivity index (χ1) is 14.5. The fourth-order valence-electron chi connectivity index (χ4n) is 3.41. The van der Waals surface area contributed by atoms with E-state index in [1.165, 1.54) is 4.68 Å². The second-order valence-electron chi connectivity index (χ2n) is 7.14. The molecule has 0 saturated heterocycles. The quantitative estimate of drug-likeness (QED) is 0.457. The highest BCUT2D eigenvalue weighted by atomic mass is 79.9. The van der Waals surface area contributed by atoms with Crippen molar-refractivity contribution in [3.05, 3.63) is 86.9 Å². The average Bonchev–Trinajstić information content (AvgIpc) is 3.07. The summed E-state index contributed by atoms with van der Waals surface area (Å²) in [7, 11) is 0. The van der Waals surface area contributed by atoms with Crippen LogP contribution in [-0.4, -0.2) is 20.3 Å². The number of hydrogen-bond acceptors (Lipinski definition) is 3. The minimum absolute atomic E-state index is 0.240. The predicted octanol–water partition coefficient (Wildman–Crippen LogP) is 4.87. The van der Waals surface area contributed by atoms with Gasteiger partial charge in [-0.05, 0) is 49.2 Å². The van der Waals surface area contributed by atoms with Crippen molar-refractivity contribution in [2.75, 3.05) is 5.32 Å². The first-order valence-corrected chi connectivity index (χ1v) is 10.5. The Morgan fingerprint density at radius 3 is 2.60 bits per heavy atom. The van der Waals surface area contributed by atoms with E-state index in [1.54, 1.807) is 12.4 Å². The number of amides is 1. The van der Waals surface area contributed by atoms with Gasteiger partial charge in [-0.1, -0.05) is 41.1 Å². The number of hydrogen-bond donors (Lipinski definition) is 1. The Balaban J connectivity index is 1.83. The Hall–Kier alpha value is -3.19. The molecule has 0 spiro atoms. The molecule has 2 aromatic rings. The molecule has 152 valence electrons. The number of carbonyl (C=O) groups excluding carboxylic acids is 1. The predicted molar refractivity (Wildman–Crippen MR) is 122 cm³/mol. The number of pyridine rings is 1. The molecule has 2 aliphatic rings. The van der Waals surface area contributed by atoms with Gasteiger partial charge in [0.25, 0.3) is 11.5 Å². The average molecular weight is 465 g/mol. The number of fused-ring (bicyclic) bond motifs is 1. The number of nitrogens with zero attached hydrogens (tertiary/aromatic N) is 3. The van der Waals surface area contributed by atoms with Crippen molar-refractivity contribution in [2.24, 2.45) is 0 Å². The van der Waals surface area contributed by atoms with Crippen LogP contribution in [-0.2, 0) is 6.54 Å². The van der Waals surface area contributed by atoms with E-state index in [2.05, 4.69) is 26.3 Å². The molecular weight excluding hydrogens is 444 g/mol. The summed E-state index contributed by atoms with van der Waals surface area (Å²) >= 11 is 3.44. The van der Waals surface area contributed by atoms with Gasteiger partial charge in [-0.25, -0.2) is 0 Å². The monoisotopic (exact) mass is 464 g/mol. The highest BCUT2D eigenvalue weighted by molar-refractivity contribution is 9.10. The van der Waals surface area contributed by atoms with Gasteiger partial charge >= 0.3 is 0 Å². The Morgan fingerprint density at radius 2 is 1.90 bits per heavy atom. The summed E-state index contributed by atoms with van der Waals surface area (Å²) in [5.41, 5.74) is 3.26. The molecule has 2 heterocycles. The summed E-state index contributed by atoms with van der Waals surface area (Å²) in [4.78, 5) is 26.3. The van der Waals surface area contributed by atoms with Crippen LogP contribution in [0.3, 0.4) is 0 Å². The molecule has 0 aliphatic carbocycles. The fourth-order valence-corrected chi connectivity index (χ4v) is 3.89. The maximum absolute atomic E-state index is 13.2. The van der Waals surface area contributed by atoms with Gasteiger partial charge in [-0.15, -0.1) is 0 Å². The second kappa shape index (κ2) is 8.28. The molecular formula is C23H21BrN4O2. The number of aromatic nitrogens is 3. The fraction of sp³-hybridized carbons (Fsp3) is 0.174. The van der Waals surface area contributed by atoms with E-state index >= 15 is 0 Å². The standard InChI is InChI=1S/C23H21BrN4O2/c1-3-11-27-13-18(22(29)25-20-10-9-16(24)12-15(20)2)21-19(14-27)23(30)28(26-21)17-7-5-4-6-8-17/h4-10,12-14H,3,11H2,1-2H3,(H,25,29). The van der Waals surface area contributed by atoms with Gasteiger partial charge in [-0.2, -0.15) is 9.78 Å². The topological polar surface area (TPSA) is 68.9 Å². The summed E-state index contributed by atoms with van der Waals surface area (Å²) in [5.74, 6) is -0.298. The third-order valence-corrected chi connectivity index (χ3v) is 5.38. The van der Waals surface area contributed by atoms with Crippen LogP contribution in [0.1, 0.15) is 29.3 Å². The van der Waals surface area contributed by atoms with Crippen LogP contribution in [0.5, 0.6) is 0 Å². The van der Waals surface area contributed by atoms with Crippen LogP contribution < -0.4 is 10.9 Å². The number of carbonyl (C=O) groups is 1.